The van der Waals surface area contributed by atoms with Crippen LogP contribution in [-0.4, -0.2) is 44.4 Å². The fourth-order valence-corrected chi connectivity index (χ4v) is 2.72. The van der Waals surface area contributed by atoms with Crippen LogP contribution >= 0.6 is 0 Å². The summed E-state index contributed by atoms with van der Waals surface area (Å²) in [5.41, 5.74) is 1.33. The van der Waals surface area contributed by atoms with Gasteiger partial charge < -0.3 is 24.3 Å². The molecule has 0 atom stereocenters. The number of carbonyl (C=O) groups excluding carboxylic acids is 1. The van der Waals surface area contributed by atoms with Gasteiger partial charge in [-0.2, -0.15) is 0 Å². The summed E-state index contributed by atoms with van der Waals surface area (Å²) < 4.78 is 21.8. The van der Waals surface area contributed by atoms with E-state index in [1.165, 1.54) is 0 Å². The van der Waals surface area contributed by atoms with E-state index < -0.39 is 0 Å². The van der Waals surface area contributed by atoms with Gasteiger partial charge in [-0.3, -0.25) is 4.79 Å². The van der Waals surface area contributed by atoms with Crippen molar-refractivity contribution in [1.82, 2.24) is 10.3 Å². The topological polar surface area (TPSA) is 78.9 Å². The molecule has 0 bridgehead atoms. The Morgan fingerprint density at radius 2 is 1.58 bits per heavy atom. The number of amides is 1. The van der Waals surface area contributed by atoms with Gasteiger partial charge in [-0.05, 0) is 29.8 Å². The molecule has 31 heavy (non-hydrogen) atoms. The summed E-state index contributed by atoms with van der Waals surface area (Å²) in [5, 5.41) is 2.89. The predicted molar refractivity (Wildman–Crippen MR) is 117 cm³/mol. The smallest absolute Gasteiger partial charge is 0.255 e. The standard InChI is InChI=1S/C24H26N2O5/c1-28-13-14-31-23-12-11-19(17-25-23)18-26-24(27)21-9-5-6-10-22(21)30-16-15-29-20-7-3-2-4-8-20/h2-12,17H,13-16,18H2,1H3,(H,26,27). The van der Waals surface area contributed by atoms with Crippen molar-refractivity contribution in [3.63, 3.8) is 0 Å². The molecule has 0 saturated heterocycles. The Hall–Kier alpha value is -3.58. The maximum absolute atomic E-state index is 12.7. The third kappa shape index (κ3) is 7.31. The van der Waals surface area contributed by atoms with E-state index in [9.17, 15) is 4.79 Å². The number of nitrogens with one attached hydrogen (secondary N) is 1. The average Bonchev–Trinajstić information content (AvgIpc) is 2.82. The second-order valence-corrected chi connectivity index (χ2v) is 6.53. The predicted octanol–water partition coefficient (Wildman–Crippen LogP) is 3.49. The minimum Gasteiger partial charge on any atom is -0.490 e. The van der Waals surface area contributed by atoms with E-state index in [1.807, 2.05) is 42.5 Å². The van der Waals surface area contributed by atoms with Gasteiger partial charge in [0.1, 0.15) is 31.3 Å². The van der Waals surface area contributed by atoms with Crippen molar-refractivity contribution in [2.45, 2.75) is 6.54 Å². The molecule has 1 aromatic heterocycles. The molecule has 0 fully saturated rings. The molecule has 7 nitrogen and oxygen atoms in total. The third-order valence-corrected chi connectivity index (χ3v) is 4.27. The summed E-state index contributed by atoms with van der Waals surface area (Å²) in [5.74, 6) is 1.58. The van der Waals surface area contributed by atoms with Crippen molar-refractivity contribution in [2.24, 2.45) is 0 Å². The first-order valence-corrected chi connectivity index (χ1v) is 10.0. The van der Waals surface area contributed by atoms with Crippen molar-refractivity contribution in [1.29, 1.82) is 0 Å². The number of nitrogens with zero attached hydrogens (tertiary/aromatic N) is 1. The van der Waals surface area contributed by atoms with E-state index in [0.717, 1.165) is 11.3 Å². The molecule has 1 heterocycles. The summed E-state index contributed by atoms with van der Waals surface area (Å²) >= 11 is 0. The number of hydrogen-bond donors (Lipinski definition) is 1. The van der Waals surface area contributed by atoms with Gasteiger partial charge >= 0.3 is 0 Å². The summed E-state index contributed by atoms with van der Waals surface area (Å²) in [4.78, 5) is 16.9. The number of ether oxygens (including phenoxy) is 4. The normalized spacial score (nSPS) is 10.4. The number of benzene rings is 2. The zero-order chi connectivity index (χ0) is 21.7. The zero-order valence-electron chi connectivity index (χ0n) is 17.5. The van der Waals surface area contributed by atoms with Crippen LogP contribution in [0.2, 0.25) is 0 Å². The lowest BCUT2D eigenvalue weighted by molar-refractivity contribution is 0.0945. The van der Waals surface area contributed by atoms with Crippen molar-refractivity contribution in [2.75, 3.05) is 33.5 Å². The Labute approximate surface area is 181 Å². The highest BCUT2D eigenvalue weighted by Crippen LogP contribution is 2.18. The quantitative estimate of drug-likeness (QED) is 0.450. The SMILES string of the molecule is COCCOc1ccc(CNC(=O)c2ccccc2OCCOc2ccccc2)cn1. The lowest BCUT2D eigenvalue weighted by atomic mass is 10.2. The highest BCUT2D eigenvalue weighted by molar-refractivity contribution is 5.96. The van der Waals surface area contributed by atoms with Gasteiger partial charge in [0.15, 0.2) is 0 Å². The third-order valence-electron chi connectivity index (χ3n) is 4.27. The highest BCUT2D eigenvalue weighted by Gasteiger charge is 2.12. The van der Waals surface area contributed by atoms with Gasteiger partial charge in [0.05, 0.1) is 12.2 Å². The number of carbonyl (C=O) groups is 1. The first-order chi connectivity index (χ1) is 15.3. The molecule has 3 rings (SSSR count). The van der Waals surface area contributed by atoms with Crippen LogP contribution in [0.4, 0.5) is 0 Å². The van der Waals surface area contributed by atoms with Gasteiger partial charge in [-0.1, -0.05) is 36.4 Å². The van der Waals surface area contributed by atoms with Gasteiger partial charge in [0, 0.05) is 25.9 Å². The number of para-hydroxylation sites is 2. The van der Waals surface area contributed by atoms with Crippen LogP contribution in [0, 0.1) is 0 Å². The number of pyridine rings is 1. The van der Waals surface area contributed by atoms with Gasteiger partial charge in [-0.25, -0.2) is 4.98 Å². The number of methoxy groups -OCH3 is 1. The maximum Gasteiger partial charge on any atom is 0.255 e. The Morgan fingerprint density at radius 1 is 0.839 bits per heavy atom. The monoisotopic (exact) mass is 422 g/mol. The van der Waals surface area contributed by atoms with E-state index in [1.54, 1.807) is 37.6 Å². The molecule has 0 aliphatic heterocycles. The van der Waals surface area contributed by atoms with Crippen LogP contribution < -0.4 is 19.5 Å². The molecule has 1 N–H and O–H groups in total. The summed E-state index contributed by atoms with van der Waals surface area (Å²) in [6.45, 7) is 1.99. The van der Waals surface area contributed by atoms with Crippen LogP contribution in [0.15, 0.2) is 72.9 Å². The van der Waals surface area contributed by atoms with Crippen LogP contribution in [0.5, 0.6) is 17.4 Å². The van der Waals surface area contributed by atoms with E-state index >= 15 is 0 Å². The van der Waals surface area contributed by atoms with Crippen molar-refractivity contribution < 1.29 is 23.7 Å². The van der Waals surface area contributed by atoms with E-state index in [2.05, 4.69) is 10.3 Å². The molecule has 3 aromatic rings. The molecule has 0 saturated carbocycles. The van der Waals surface area contributed by atoms with Gasteiger partial charge in [0.25, 0.3) is 5.91 Å². The minimum absolute atomic E-state index is 0.222. The van der Waals surface area contributed by atoms with Crippen molar-refractivity contribution >= 4 is 5.91 Å². The van der Waals surface area contributed by atoms with Crippen LogP contribution in [-0.2, 0) is 11.3 Å². The second-order valence-electron chi connectivity index (χ2n) is 6.53. The molecule has 0 unspecified atom stereocenters. The molecule has 0 aliphatic carbocycles. The second kappa shape index (κ2) is 12.2. The Balaban J connectivity index is 1.47. The molecule has 2 aromatic carbocycles. The zero-order valence-corrected chi connectivity index (χ0v) is 17.5. The van der Waals surface area contributed by atoms with Crippen LogP contribution in [0.25, 0.3) is 0 Å². The number of hydrogen-bond acceptors (Lipinski definition) is 6. The number of rotatable bonds is 12. The molecular weight excluding hydrogens is 396 g/mol. The summed E-state index contributed by atoms with van der Waals surface area (Å²) in [6, 6.07) is 20.3. The lowest BCUT2D eigenvalue weighted by Gasteiger charge is -2.12. The Kier molecular flexibility index (Phi) is 8.70. The highest BCUT2D eigenvalue weighted by atomic mass is 16.5. The molecule has 0 aliphatic rings. The average molecular weight is 422 g/mol. The summed E-state index contributed by atoms with van der Waals surface area (Å²) in [6.07, 6.45) is 1.67. The van der Waals surface area contributed by atoms with E-state index in [-0.39, 0.29) is 5.91 Å². The van der Waals surface area contributed by atoms with Crippen molar-refractivity contribution in [3.8, 4) is 17.4 Å². The Morgan fingerprint density at radius 3 is 2.35 bits per heavy atom. The van der Waals surface area contributed by atoms with Gasteiger partial charge in [-0.15, -0.1) is 0 Å². The fraction of sp³-hybridized carbons (Fsp3) is 0.250. The lowest BCUT2D eigenvalue weighted by Crippen LogP contribution is -2.24. The van der Waals surface area contributed by atoms with Gasteiger partial charge in [0.2, 0.25) is 5.88 Å². The largest absolute Gasteiger partial charge is 0.490 e. The van der Waals surface area contributed by atoms with E-state index in [4.69, 9.17) is 18.9 Å². The first kappa shape index (κ1) is 22.1. The number of aromatic nitrogens is 1. The molecule has 162 valence electrons. The molecule has 7 heteroatoms. The van der Waals surface area contributed by atoms with Crippen molar-refractivity contribution in [3.05, 3.63) is 84.1 Å². The Bertz CT molecular complexity index is 932. The molecule has 0 spiro atoms. The van der Waals surface area contributed by atoms with Crippen LogP contribution in [0.1, 0.15) is 15.9 Å². The summed E-state index contributed by atoms with van der Waals surface area (Å²) in [7, 11) is 1.62. The van der Waals surface area contributed by atoms with E-state index in [0.29, 0.717) is 50.2 Å². The minimum atomic E-state index is -0.222. The molecular formula is C24H26N2O5. The molecule has 0 radical (unpaired) electrons. The fourth-order valence-electron chi connectivity index (χ4n) is 2.72. The van der Waals surface area contributed by atoms with Crippen LogP contribution in [0.3, 0.4) is 0 Å². The molecule has 1 amide bonds. The first-order valence-electron chi connectivity index (χ1n) is 10.0. The maximum atomic E-state index is 12.7.